The highest BCUT2D eigenvalue weighted by Crippen LogP contribution is 2.40. The van der Waals surface area contributed by atoms with E-state index in [1.54, 1.807) is 6.07 Å². The van der Waals surface area contributed by atoms with Crippen molar-refractivity contribution in [2.75, 3.05) is 5.73 Å². The molecule has 2 aromatic carbocycles. The van der Waals surface area contributed by atoms with Crippen LogP contribution in [0.5, 0.6) is 5.75 Å². The summed E-state index contributed by atoms with van der Waals surface area (Å²) in [5.74, 6) is 0.0829. The Kier molecular flexibility index (Phi) is 2.75. The Balaban J connectivity index is 2.74. The number of rotatable bonds is 1. The number of aromatic hydroxyl groups is 1. The number of anilines is 1. The highest BCUT2D eigenvalue weighted by Gasteiger charge is 2.13. The van der Waals surface area contributed by atoms with E-state index in [1.807, 2.05) is 37.3 Å². The van der Waals surface area contributed by atoms with Crippen LogP contribution >= 0.6 is 11.6 Å². The molecule has 3 heteroatoms. The molecular formula is C13H12ClNO. The van der Waals surface area contributed by atoms with E-state index in [-0.39, 0.29) is 10.8 Å². The minimum absolute atomic E-state index is 0.0829. The molecule has 0 aliphatic heterocycles. The standard InChI is InChI=1S/C13H12ClNO/c1-8-11(15)7-10(14)13(16)12(8)9-5-3-2-4-6-9/h2-7,16H,15H2,1H3. The summed E-state index contributed by atoms with van der Waals surface area (Å²) in [7, 11) is 0. The fourth-order valence-corrected chi connectivity index (χ4v) is 1.92. The quantitative estimate of drug-likeness (QED) is 0.584. The lowest BCUT2D eigenvalue weighted by molar-refractivity contribution is 0.477. The minimum atomic E-state index is 0.0829. The van der Waals surface area contributed by atoms with Gasteiger partial charge in [-0.05, 0) is 24.1 Å². The van der Waals surface area contributed by atoms with Crippen molar-refractivity contribution in [3.8, 4) is 16.9 Å². The maximum atomic E-state index is 9.97. The largest absolute Gasteiger partial charge is 0.506 e. The van der Waals surface area contributed by atoms with Gasteiger partial charge in [-0.3, -0.25) is 0 Å². The van der Waals surface area contributed by atoms with Gasteiger partial charge in [0.05, 0.1) is 5.02 Å². The summed E-state index contributed by atoms with van der Waals surface area (Å²) in [6.45, 7) is 1.87. The van der Waals surface area contributed by atoms with Crippen molar-refractivity contribution < 1.29 is 5.11 Å². The molecule has 0 bridgehead atoms. The van der Waals surface area contributed by atoms with Gasteiger partial charge in [0, 0.05) is 11.3 Å². The summed E-state index contributed by atoms with van der Waals surface area (Å²) < 4.78 is 0. The van der Waals surface area contributed by atoms with E-state index >= 15 is 0 Å². The van der Waals surface area contributed by atoms with Gasteiger partial charge in [-0.2, -0.15) is 0 Å². The fourth-order valence-electron chi connectivity index (χ4n) is 1.71. The Labute approximate surface area is 99.3 Å². The van der Waals surface area contributed by atoms with Gasteiger partial charge in [-0.1, -0.05) is 41.9 Å². The minimum Gasteiger partial charge on any atom is -0.506 e. The summed E-state index contributed by atoms with van der Waals surface area (Å²) in [6.07, 6.45) is 0. The molecule has 0 saturated carbocycles. The Hall–Kier alpha value is -1.67. The van der Waals surface area contributed by atoms with Gasteiger partial charge in [0.2, 0.25) is 0 Å². The first kappa shape index (κ1) is 10.8. The highest BCUT2D eigenvalue weighted by molar-refractivity contribution is 6.33. The second-order valence-electron chi connectivity index (χ2n) is 3.66. The Morgan fingerprint density at radius 2 is 1.81 bits per heavy atom. The van der Waals surface area contributed by atoms with Crippen LogP contribution < -0.4 is 5.73 Å². The Morgan fingerprint density at radius 1 is 1.19 bits per heavy atom. The third kappa shape index (κ3) is 1.72. The number of phenolic OH excluding ortho intramolecular Hbond substituents is 1. The molecule has 0 atom stereocenters. The SMILES string of the molecule is Cc1c(N)cc(Cl)c(O)c1-c1ccccc1. The zero-order chi connectivity index (χ0) is 11.7. The van der Waals surface area contributed by atoms with Crippen LogP contribution in [0.25, 0.3) is 11.1 Å². The van der Waals surface area contributed by atoms with Crippen LogP contribution in [0.4, 0.5) is 5.69 Å². The number of phenols is 1. The molecule has 0 saturated heterocycles. The molecule has 0 aromatic heterocycles. The summed E-state index contributed by atoms with van der Waals surface area (Å²) >= 11 is 5.91. The molecule has 16 heavy (non-hydrogen) atoms. The van der Waals surface area contributed by atoms with Gasteiger partial charge in [-0.25, -0.2) is 0 Å². The van der Waals surface area contributed by atoms with E-state index in [2.05, 4.69) is 0 Å². The molecule has 0 aliphatic carbocycles. The molecule has 3 N–H and O–H groups in total. The van der Waals surface area contributed by atoms with Gasteiger partial charge in [0.25, 0.3) is 0 Å². The van der Waals surface area contributed by atoms with E-state index in [0.717, 1.165) is 11.1 Å². The first-order valence-electron chi connectivity index (χ1n) is 4.94. The summed E-state index contributed by atoms with van der Waals surface area (Å²) in [5, 5.41) is 10.2. The smallest absolute Gasteiger partial charge is 0.142 e. The average Bonchev–Trinajstić information content (AvgIpc) is 2.28. The zero-order valence-electron chi connectivity index (χ0n) is 8.87. The molecule has 0 amide bonds. The van der Waals surface area contributed by atoms with Gasteiger partial charge in [-0.15, -0.1) is 0 Å². The molecule has 2 rings (SSSR count). The van der Waals surface area contributed by atoms with Crippen molar-refractivity contribution >= 4 is 17.3 Å². The molecule has 0 fully saturated rings. The monoisotopic (exact) mass is 233 g/mol. The third-order valence-electron chi connectivity index (χ3n) is 2.62. The van der Waals surface area contributed by atoms with E-state index in [1.165, 1.54) is 0 Å². The van der Waals surface area contributed by atoms with Gasteiger partial charge < -0.3 is 10.8 Å². The maximum Gasteiger partial charge on any atom is 0.142 e. The normalized spacial score (nSPS) is 10.4. The second-order valence-corrected chi connectivity index (χ2v) is 4.07. The zero-order valence-corrected chi connectivity index (χ0v) is 9.62. The summed E-state index contributed by atoms with van der Waals surface area (Å²) in [5.41, 5.74) is 8.87. The van der Waals surface area contributed by atoms with Crippen molar-refractivity contribution in [1.29, 1.82) is 0 Å². The van der Waals surface area contributed by atoms with Crippen molar-refractivity contribution in [2.45, 2.75) is 6.92 Å². The van der Waals surface area contributed by atoms with E-state index in [0.29, 0.717) is 11.3 Å². The maximum absolute atomic E-state index is 9.97. The van der Waals surface area contributed by atoms with Crippen molar-refractivity contribution in [3.63, 3.8) is 0 Å². The van der Waals surface area contributed by atoms with Crippen LogP contribution in [0, 0.1) is 6.92 Å². The first-order chi connectivity index (χ1) is 7.61. The molecule has 0 radical (unpaired) electrons. The van der Waals surface area contributed by atoms with Crippen molar-refractivity contribution in [1.82, 2.24) is 0 Å². The molecule has 0 heterocycles. The lowest BCUT2D eigenvalue weighted by atomic mass is 9.98. The molecular weight excluding hydrogens is 222 g/mol. The number of hydrogen-bond donors (Lipinski definition) is 2. The van der Waals surface area contributed by atoms with Gasteiger partial charge in [0.15, 0.2) is 0 Å². The van der Waals surface area contributed by atoms with Crippen LogP contribution in [0.2, 0.25) is 5.02 Å². The van der Waals surface area contributed by atoms with E-state index in [9.17, 15) is 5.11 Å². The summed E-state index contributed by atoms with van der Waals surface area (Å²) in [6, 6.07) is 11.1. The van der Waals surface area contributed by atoms with Crippen LogP contribution in [0.15, 0.2) is 36.4 Å². The molecule has 0 spiro atoms. The number of nitrogens with two attached hydrogens (primary N) is 1. The molecule has 2 nitrogen and oxygen atoms in total. The van der Waals surface area contributed by atoms with Gasteiger partial charge >= 0.3 is 0 Å². The van der Waals surface area contributed by atoms with Crippen LogP contribution in [0.3, 0.4) is 0 Å². The summed E-state index contributed by atoms with van der Waals surface area (Å²) in [4.78, 5) is 0. The number of nitrogen functional groups attached to an aromatic ring is 1. The number of halogens is 1. The lowest BCUT2D eigenvalue weighted by Crippen LogP contribution is -1.93. The third-order valence-corrected chi connectivity index (χ3v) is 2.90. The topological polar surface area (TPSA) is 46.2 Å². The van der Waals surface area contributed by atoms with Crippen molar-refractivity contribution in [3.05, 3.63) is 47.0 Å². The number of hydrogen-bond acceptors (Lipinski definition) is 2. The molecule has 82 valence electrons. The Bertz CT molecular complexity index is 497. The predicted octanol–water partition coefficient (Wildman–Crippen LogP) is 3.60. The average molecular weight is 234 g/mol. The fraction of sp³-hybridized carbons (Fsp3) is 0.0769. The van der Waals surface area contributed by atoms with Crippen LogP contribution in [0.1, 0.15) is 5.56 Å². The van der Waals surface area contributed by atoms with Crippen LogP contribution in [-0.2, 0) is 0 Å². The molecule has 0 aliphatic rings. The van der Waals surface area contributed by atoms with Gasteiger partial charge in [0.1, 0.15) is 5.75 Å². The first-order valence-corrected chi connectivity index (χ1v) is 5.32. The second kappa shape index (κ2) is 4.06. The highest BCUT2D eigenvalue weighted by atomic mass is 35.5. The van der Waals surface area contributed by atoms with E-state index < -0.39 is 0 Å². The van der Waals surface area contributed by atoms with Crippen LogP contribution in [-0.4, -0.2) is 5.11 Å². The molecule has 0 unspecified atom stereocenters. The van der Waals surface area contributed by atoms with Crippen molar-refractivity contribution in [2.24, 2.45) is 0 Å². The Morgan fingerprint density at radius 3 is 2.44 bits per heavy atom. The van der Waals surface area contributed by atoms with E-state index in [4.69, 9.17) is 17.3 Å². The number of benzene rings is 2. The lowest BCUT2D eigenvalue weighted by Gasteiger charge is -2.12. The molecule has 2 aromatic rings. The predicted molar refractivity (Wildman–Crippen MR) is 67.7 cm³/mol.